The maximum atomic E-state index is 11.9. The molecule has 1 atom stereocenters. The van der Waals surface area contributed by atoms with Gasteiger partial charge in [-0.25, -0.2) is 4.98 Å². The van der Waals surface area contributed by atoms with Gasteiger partial charge >= 0.3 is 5.97 Å². The highest BCUT2D eigenvalue weighted by Gasteiger charge is 2.31. The van der Waals surface area contributed by atoms with E-state index in [9.17, 15) is 4.79 Å². The van der Waals surface area contributed by atoms with E-state index in [1.807, 2.05) is 6.92 Å². The molecule has 4 nitrogen and oxygen atoms in total. The van der Waals surface area contributed by atoms with E-state index >= 15 is 0 Å². The Labute approximate surface area is 118 Å². The average Bonchev–Trinajstić information content (AvgIpc) is 2.81. The topological polar surface area (TPSA) is 48.4 Å². The van der Waals surface area contributed by atoms with Crippen molar-refractivity contribution in [2.24, 2.45) is 0 Å². The van der Waals surface area contributed by atoms with E-state index in [-0.39, 0.29) is 11.9 Å². The second kappa shape index (κ2) is 7.01. The average molecular weight is 283 g/mol. The van der Waals surface area contributed by atoms with Crippen LogP contribution in [0.4, 0.5) is 0 Å². The number of ether oxygens (including phenoxy) is 2. The second-order valence-corrected chi connectivity index (χ2v) is 5.83. The van der Waals surface area contributed by atoms with Crippen LogP contribution in [0.5, 0.6) is 0 Å². The third-order valence-corrected chi connectivity index (χ3v) is 4.25. The van der Waals surface area contributed by atoms with Crippen molar-refractivity contribution < 1.29 is 14.3 Å². The van der Waals surface area contributed by atoms with Crippen molar-refractivity contribution in [3.8, 4) is 0 Å². The Kier molecular flexibility index (Phi) is 5.34. The number of nitrogens with zero attached hydrogens (tertiary/aromatic N) is 1. The van der Waals surface area contributed by atoms with Crippen LogP contribution in [0.2, 0.25) is 0 Å². The molecule has 1 unspecified atom stereocenters. The van der Waals surface area contributed by atoms with Gasteiger partial charge in [0.05, 0.1) is 18.9 Å². The van der Waals surface area contributed by atoms with Gasteiger partial charge in [0, 0.05) is 11.5 Å². The van der Waals surface area contributed by atoms with Gasteiger partial charge in [0.15, 0.2) is 0 Å². The van der Waals surface area contributed by atoms with Gasteiger partial charge in [0.25, 0.3) is 0 Å². The van der Waals surface area contributed by atoms with Crippen molar-refractivity contribution in [2.45, 2.75) is 52.1 Å². The SMILES string of the molecule is CCCOCc1nc2c(s1)CCCC2C(=O)OCC. The van der Waals surface area contributed by atoms with Crippen LogP contribution in [-0.2, 0) is 27.3 Å². The van der Waals surface area contributed by atoms with Crippen LogP contribution in [-0.4, -0.2) is 24.2 Å². The summed E-state index contributed by atoms with van der Waals surface area (Å²) in [5.41, 5.74) is 0.935. The van der Waals surface area contributed by atoms with Gasteiger partial charge in [-0.15, -0.1) is 11.3 Å². The fourth-order valence-corrected chi connectivity index (χ4v) is 3.42. The molecule has 0 aliphatic heterocycles. The smallest absolute Gasteiger partial charge is 0.315 e. The number of esters is 1. The summed E-state index contributed by atoms with van der Waals surface area (Å²) < 4.78 is 10.7. The van der Waals surface area contributed by atoms with Crippen LogP contribution in [0, 0.1) is 0 Å². The highest BCUT2D eigenvalue weighted by atomic mass is 32.1. The minimum atomic E-state index is -0.167. The molecule has 2 rings (SSSR count). The summed E-state index contributed by atoms with van der Waals surface area (Å²) in [4.78, 5) is 17.8. The summed E-state index contributed by atoms with van der Waals surface area (Å²) in [6.07, 6.45) is 3.92. The number of thiazole rings is 1. The van der Waals surface area contributed by atoms with E-state index < -0.39 is 0 Å². The van der Waals surface area contributed by atoms with Crippen LogP contribution in [0.25, 0.3) is 0 Å². The van der Waals surface area contributed by atoms with Crippen molar-refractivity contribution in [3.63, 3.8) is 0 Å². The van der Waals surface area contributed by atoms with Crippen molar-refractivity contribution in [3.05, 3.63) is 15.6 Å². The van der Waals surface area contributed by atoms with E-state index in [0.717, 1.165) is 43.0 Å². The summed E-state index contributed by atoms with van der Waals surface area (Å²) in [5, 5.41) is 0.981. The maximum absolute atomic E-state index is 11.9. The van der Waals surface area contributed by atoms with E-state index in [2.05, 4.69) is 11.9 Å². The van der Waals surface area contributed by atoms with Crippen LogP contribution < -0.4 is 0 Å². The number of fused-ring (bicyclic) bond motifs is 1. The molecule has 1 aromatic rings. The normalized spacial score (nSPS) is 18.1. The Morgan fingerprint density at radius 3 is 3.05 bits per heavy atom. The lowest BCUT2D eigenvalue weighted by molar-refractivity contribution is -0.145. The molecule has 0 saturated heterocycles. The number of rotatable bonds is 6. The fourth-order valence-electron chi connectivity index (χ4n) is 2.31. The highest BCUT2D eigenvalue weighted by molar-refractivity contribution is 7.11. The highest BCUT2D eigenvalue weighted by Crippen LogP contribution is 2.35. The molecular formula is C14H21NO3S. The Morgan fingerprint density at radius 2 is 2.32 bits per heavy atom. The molecule has 1 heterocycles. The molecule has 5 heteroatoms. The largest absolute Gasteiger partial charge is 0.465 e. The Morgan fingerprint density at radius 1 is 1.47 bits per heavy atom. The van der Waals surface area contributed by atoms with Crippen molar-refractivity contribution in [1.82, 2.24) is 4.98 Å². The predicted octanol–water partition coefficient (Wildman–Crippen LogP) is 3.05. The van der Waals surface area contributed by atoms with Gasteiger partial charge in [-0.1, -0.05) is 6.92 Å². The molecule has 0 aromatic carbocycles. The number of carbonyl (C=O) groups is 1. The molecule has 0 radical (unpaired) electrons. The van der Waals surface area contributed by atoms with E-state index in [4.69, 9.17) is 9.47 Å². The van der Waals surface area contributed by atoms with Gasteiger partial charge in [0.2, 0.25) is 0 Å². The molecule has 19 heavy (non-hydrogen) atoms. The number of hydrogen-bond acceptors (Lipinski definition) is 5. The fraction of sp³-hybridized carbons (Fsp3) is 0.714. The Hall–Kier alpha value is -0.940. The second-order valence-electron chi connectivity index (χ2n) is 4.67. The molecule has 0 N–H and O–H groups in total. The molecule has 0 spiro atoms. The van der Waals surface area contributed by atoms with Crippen LogP contribution in [0.15, 0.2) is 0 Å². The third kappa shape index (κ3) is 3.54. The zero-order valence-corrected chi connectivity index (χ0v) is 12.4. The van der Waals surface area contributed by atoms with Gasteiger partial charge in [-0.2, -0.15) is 0 Å². The zero-order chi connectivity index (χ0) is 13.7. The standard InChI is InChI=1S/C14H21NO3S/c1-3-8-17-9-12-15-13-10(14(16)18-4-2)6-5-7-11(13)19-12/h10H,3-9H2,1-2H3. The van der Waals surface area contributed by atoms with E-state index in [1.165, 1.54) is 4.88 Å². The molecular weight excluding hydrogens is 262 g/mol. The molecule has 1 aliphatic carbocycles. The van der Waals surface area contributed by atoms with Gasteiger partial charge < -0.3 is 9.47 Å². The summed E-state index contributed by atoms with van der Waals surface area (Å²) in [5.74, 6) is -0.297. The Bertz CT molecular complexity index is 430. The first-order valence-electron chi connectivity index (χ1n) is 6.99. The first-order chi connectivity index (χ1) is 9.26. The molecule has 0 amide bonds. The minimum Gasteiger partial charge on any atom is -0.465 e. The lowest BCUT2D eigenvalue weighted by atomic mass is 9.91. The quantitative estimate of drug-likeness (QED) is 0.594. The molecule has 0 fully saturated rings. The molecule has 106 valence electrons. The molecule has 1 aliphatic rings. The van der Waals surface area contributed by atoms with Crippen LogP contribution in [0.1, 0.15) is 54.6 Å². The summed E-state index contributed by atoms with van der Waals surface area (Å²) in [6, 6.07) is 0. The van der Waals surface area contributed by atoms with E-state index in [1.54, 1.807) is 11.3 Å². The molecule has 0 bridgehead atoms. The number of aromatic nitrogens is 1. The predicted molar refractivity (Wildman–Crippen MR) is 74.4 cm³/mol. The van der Waals surface area contributed by atoms with Crippen LogP contribution in [0.3, 0.4) is 0 Å². The lowest BCUT2D eigenvalue weighted by Crippen LogP contribution is -2.20. The first kappa shape index (κ1) is 14.5. The van der Waals surface area contributed by atoms with Crippen LogP contribution >= 0.6 is 11.3 Å². The third-order valence-electron chi connectivity index (χ3n) is 3.14. The van der Waals surface area contributed by atoms with Gasteiger partial charge in [0.1, 0.15) is 10.9 Å². The van der Waals surface area contributed by atoms with Crippen molar-refractivity contribution >= 4 is 17.3 Å². The Balaban J connectivity index is 2.08. The summed E-state index contributed by atoms with van der Waals surface area (Å²) in [7, 11) is 0. The monoisotopic (exact) mass is 283 g/mol. The molecule has 0 saturated carbocycles. The number of hydrogen-bond donors (Lipinski definition) is 0. The number of aryl methyl sites for hydroxylation is 1. The zero-order valence-electron chi connectivity index (χ0n) is 11.6. The maximum Gasteiger partial charge on any atom is 0.315 e. The van der Waals surface area contributed by atoms with Crippen molar-refractivity contribution in [1.29, 1.82) is 0 Å². The lowest BCUT2D eigenvalue weighted by Gasteiger charge is -2.19. The van der Waals surface area contributed by atoms with Gasteiger partial charge in [-0.3, -0.25) is 4.79 Å². The van der Waals surface area contributed by atoms with Crippen molar-refractivity contribution in [2.75, 3.05) is 13.2 Å². The minimum absolute atomic E-state index is 0.130. The summed E-state index contributed by atoms with van der Waals surface area (Å²) in [6.45, 7) is 5.67. The van der Waals surface area contributed by atoms with E-state index in [0.29, 0.717) is 13.2 Å². The first-order valence-corrected chi connectivity index (χ1v) is 7.80. The summed E-state index contributed by atoms with van der Waals surface area (Å²) >= 11 is 1.68. The molecule has 1 aromatic heterocycles. The van der Waals surface area contributed by atoms with Gasteiger partial charge in [-0.05, 0) is 32.6 Å². The number of carbonyl (C=O) groups excluding carboxylic acids is 1.